The van der Waals surface area contributed by atoms with Crippen molar-refractivity contribution in [3.8, 4) is 0 Å². The van der Waals surface area contributed by atoms with E-state index in [1.807, 2.05) is 0 Å². The van der Waals surface area contributed by atoms with Crippen LogP contribution >= 0.6 is 20.5 Å². The second kappa shape index (κ2) is 11.5. The summed E-state index contributed by atoms with van der Waals surface area (Å²) < 4.78 is 20.9. The van der Waals surface area contributed by atoms with Gasteiger partial charge in [-0.25, -0.2) is 4.57 Å². The van der Waals surface area contributed by atoms with Gasteiger partial charge in [-0.05, 0) is 18.6 Å². The van der Waals surface area contributed by atoms with Gasteiger partial charge in [-0.3, -0.25) is 9.05 Å². The number of hydrogen-bond acceptors (Lipinski definition) is 4. The third kappa shape index (κ3) is 12.7. The number of thiol groups is 1. The Balaban J connectivity index is 3.36. The average Bonchev–Trinajstić information content (AvgIpc) is 2.28. The molecule has 104 valence electrons. The summed E-state index contributed by atoms with van der Waals surface area (Å²) in [5.74, 6) is 0.636. The van der Waals surface area contributed by atoms with Crippen LogP contribution in [-0.2, 0) is 13.6 Å². The molecule has 17 heavy (non-hydrogen) atoms. The van der Waals surface area contributed by atoms with Crippen LogP contribution in [0, 0.1) is 0 Å². The minimum absolute atomic E-state index is 0.216. The Bertz CT molecular complexity index is 214. The molecule has 0 rings (SSSR count). The molecular weight excluding hydrogens is 259 g/mol. The maximum Gasteiger partial charge on any atom is 0.472 e. The van der Waals surface area contributed by atoms with Gasteiger partial charge >= 0.3 is 7.82 Å². The lowest BCUT2D eigenvalue weighted by atomic mass is 10.1. The summed E-state index contributed by atoms with van der Waals surface area (Å²) >= 11 is 3.98. The smallest absolute Gasteiger partial charge is 0.302 e. The number of unbranched alkanes of at least 4 members (excludes halogenated alkanes) is 5. The molecule has 0 radical (unpaired) electrons. The lowest BCUT2D eigenvalue weighted by Crippen LogP contribution is -1.99. The van der Waals surface area contributed by atoms with Gasteiger partial charge in [-0.1, -0.05) is 39.0 Å². The summed E-state index contributed by atoms with van der Waals surface area (Å²) in [6, 6.07) is 0. The predicted octanol–water partition coefficient (Wildman–Crippen LogP) is 3.80. The van der Waals surface area contributed by atoms with E-state index in [1.54, 1.807) is 0 Å². The van der Waals surface area contributed by atoms with Gasteiger partial charge in [-0.15, -0.1) is 0 Å². The number of phosphoric ester groups is 1. The van der Waals surface area contributed by atoms with Crippen molar-refractivity contribution in [2.75, 3.05) is 19.0 Å². The molecule has 0 saturated carbocycles. The number of rotatable bonds is 12. The summed E-state index contributed by atoms with van der Waals surface area (Å²) in [5, 5.41) is 0. The van der Waals surface area contributed by atoms with Gasteiger partial charge in [0.1, 0.15) is 0 Å². The van der Waals surface area contributed by atoms with Crippen molar-refractivity contribution >= 4 is 20.5 Å². The van der Waals surface area contributed by atoms with Gasteiger partial charge in [0.25, 0.3) is 0 Å². The van der Waals surface area contributed by atoms with E-state index < -0.39 is 7.82 Å². The first kappa shape index (κ1) is 17.5. The third-order valence-electron chi connectivity index (χ3n) is 2.31. The highest BCUT2D eigenvalue weighted by Crippen LogP contribution is 2.43. The Morgan fingerprint density at radius 1 is 1.00 bits per heavy atom. The molecule has 6 heteroatoms. The molecule has 0 bridgehead atoms. The summed E-state index contributed by atoms with van der Waals surface area (Å²) in [6.07, 6.45) is 7.36. The van der Waals surface area contributed by atoms with E-state index in [0.717, 1.165) is 19.3 Å². The molecule has 0 fully saturated rings. The highest BCUT2D eigenvalue weighted by Gasteiger charge is 2.19. The van der Waals surface area contributed by atoms with Crippen molar-refractivity contribution in [3.05, 3.63) is 0 Å². The molecular formula is C11H25O4PS. The highest BCUT2D eigenvalue weighted by molar-refractivity contribution is 7.80. The lowest BCUT2D eigenvalue weighted by Gasteiger charge is -2.11. The Labute approximate surface area is 110 Å². The molecule has 0 aliphatic heterocycles. The largest absolute Gasteiger partial charge is 0.472 e. The van der Waals surface area contributed by atoms with E-state index in [2.05, 4.69) is 19.6 Å². The van der Waals surface area contributed by atoms with E-state index >= 15 is 0 Å². The van der Waals surface area contributed by atoms with Crippen molar-refractivity contribution in [3.63, 3.8) is 0 Å². The summed E-state index contributed by atoms with van der Waals surface area (Å²) in [5.41, 5.74) is 0. The molecule has 0 aliphatic carbocycles. The van der Waals surface area contributed by atoms with Crippen LogP contribution in [0.15, 0.2) is 0 Å². The molecule has 0 amide bonds. The number of phosphoric acid groups is 1. The van der Waals surface area contributed by atoms with Crippen LogP contribution in [0.4, 0.5) is 0 Å². The zero-order valence-electron chi connectivity index (χ0n) is 10.6. The van der Waals surface area contributed by atoms with Crippen LogP contribution in [-0.4, -0.2) is 23.9 Å². The van der Waals surface area contributed by atoms with Crippen molar-refractivity contribution in [1.82, 2.24) is 0 Å². The van der Waals surface area contributed by atoms with Crippen LogP contribution in [0.25, 0.3) is 0 Å². The van der Waals surface area contributed by atoms with E-state index in [0.29, 0.717) is 18.8 Å². The summed E-state index contributed by atoms with van der Waals surface area (Å²) in [7, 11) is -3.82. The van der Waals surface area contributed by atoms with Crippen LogP contribution in [0.5, 0.6) is 0 Å². The molecule has 0 aliphatic rings. The summed E-state index contributed by atoms with van der Waals surface area (Å²) in [4.78, 5) is 9.27. The molecule has 0 spiro atoms. The number of hydrogen-bond donors (Lipinski definition) is 2. The van der Waals surface area contributed by atoms with E-state index in [-0.39, 0.29) is 6.61 Å². The Morgan fingerprint density at radius 3 is 2.12 bits per heavy atom. The molecule has 1 atom stereocenters. The van der Waals surface area contributed by atoms with Gasteiger partial charge in [0.2, 0.25) is 0 Å². The van der Waals surface area contributed by atoms with Crippen LogP contribution in [0.1, 0.15) is 51.9 Å². The maximum absolute atomic E-state index is 11.3. The van der Waals surface area contributed by atoms with Crippen molar-refractivity contribution < 1.29 is 18.5 Å². The van der Waals surface area contributed by atoms with Crippen LogP contribution in [0.2, 0.25) is 0 Å². The first-order valence-corrected chi connectivity index (χ1v) is 8.48. The Kier molecular flexibility index (Phi) is 11.9. The van der Waals surface area contributed by atoms with Gasteiger partial charge in [-0.2, -0.15) is 12.6 Å². The van der Waals surface area contributed by atoms with E-state index in [1.165, 1.54) is 19.3 Å². The SMILES string of the molecule is CCCCCCCCOP(=O)(O)OCCCS. The minimum Gasteiger partial charge on any atom is -0.302 e. The topological polar surface area (TPSA) is 55.8 Å². The zero-order valence-corrected chi connectivity index (χ0v) is 12.4. The van der Waals surface area contributed by atoms with Gasteiger partial charge in [0.15, 0.2) is 0 Å². The van der Waals surface area contributed by atoms with Crippen LogP contribution < -0.4 is 0 Å². The monoisotopic (exact) mass is 284 g/mol. The molecule has 1 unspecified atom stereocenters. The fourth-order valence-electron chi connectivity index (χ4n) is 1.34. The van der Waals surface area contributed by atoms with Crippen molar-refractivity contribution in [2.24, 2.45) is 0 Å². The first-order chi connectivity index (χ1) is 8.12. The van der Waals surface area contributed by atoms with Crippen LogP contribution in [0.3, 0.4) is 0 Å². The summed E-state index contributed by atoms with van der Waals surface area (Å²) in [6.45, 7) is 2.68. The molecule has 0 aromatic carbocycles. The van der Waals surface area contributed by atoms with E-state index in [9.17, 15) is 9.46 Å². The molecule has 0 heterocycles. The molecule has 1 N–H and O–H groups in total. The fourth-order valence-corrected chi connectivity index (χ4v) is 2.27. The predicted molar refractivity (Wildman–Crippen MR) is 73.6 cm³/mol. The zero-order chi connectivity index (χ0) is 13.0. The van der Waals surface area contributed by atoms with Crippen molar-refractivity contribution in [1.29, 1.82) is 0 Å². The molecule has 0 saturated heterocycles. The second-order valence-corrected chi connectivity index (χ2v) is 5.88. The molecule has 0 aromatic rings. The quantitative estimate of drug-likeness (QED) is 0.325. The maximum atomic E-state index is 11.3. The lowest BCUT2D eigenvalue weighted by molar-refractivity contribution is 0.147. The van der Waals surface area contributed by atoms with Gasteiger partial charge in [0.05, 0.1) is 13.2 Å². The van der Waals surface area contributed by atoms with Crippen molar-refractivity contribution in [2.45, 2.75) is 51.9 Å². The Hall–Kier alpha value is 0.460. The minimum atomic E-state index is -3.82. The molecule has 0 aromatic heterocycles. The van der Waals surface area contributed by atoms with Gasteiger partial charge in [0, 0.05) is 0 Å². The van der Waals surface area contributed by atoms with Gasteiger partial charge < -0.3 is 4.89 Å². The molecule has 4 nitrogen and oxygen atoms in total. The highest BCUT2D eigenvalue weighted by atomic mass is 32.1. The Morgan fingerprint density at radius 2 is 1.53 bits per heavy atom. The van der Waals surface area contributed by atoms with E-state index in [4.69, 9.17) is 9.05 Å². The third-order valence-corrected chi connectivity index (χ3v) is 3.64. The second-order valence-electron chi connectivity index (χ2n) is 3.98. The average molecular weight is 284 g/mol. The first-order valence-electron chi connectivity index (χ1n) is 6.35. The standard InChI is InChI=1S/C11H25O4PS/c1-2-3-4-5-6-7-9-14-16(12,13)15-10-8-11-17/h17H,2-11H2,1H3,(H,12,13). The fraction of sp³-hybridized carbons (Fsp3) is 1.00. The normalized spacial score (nSPS) is 14.8.